The van der Waals surface area contributed by atoms with E-state index in [0.717, 1.165) is 31.0 Å². The van der Waals surface area contributed by atoms with E-state index in [4.69, 9.17) is 9.97 Å². The summed E-state index contributed by atoms with van der Waals surface area (Å²) < 4.78 is 0. The molecule has 3 nitrogen and oxygen atoms in total. The van der Waals surface area contributed by atoms with E-state index in [9.17, 15) is 0 Å². The van der Waals surface area contributed by atoms with Gasteiger partial charge in [0, 0.05) is 35.5 Å². The van der Waals surface area contributed by atoms with Crippen molar-refractivity contribution in [3.63, 3.8) is 0 Å². The van der Waals surface area contributed by atoms with Crippen LogP contribution in [0.15, 0.2) is 16.8 Å². The van der Waals surface area contributed by atoms with E-state index >= 15 is 0 Å². The van der Waals surface area contributed by atoms with Crippen molar-refractivity contribution in [2.24, 2.45) is 0 Å². The second-order valence-corrected chi connectivity index (χ2v) is 6.29. The molecule has 0 N–H and O–H groups in total. The van der Waals surface area contributed by atoms with Gasteiger partial charge in [-0.05, 0) is 24.9 Å². The first kappa shape index (κ1) is 15.4. The fraction of sp³-hybridized carbons (Fsp3) is 0.467. The molecule has 5 heteroatoms. The van der Waals surface area contributed by atoms with Gasteiger partial charge in [-0.3, -0.25) is 0 Å². The van der Waals surface area contributed by atoms with E-state index in [-0.39, 0.29) is 12.4 Å². The van der Waals surface area contributed by atoms with Crippen LogP contribution in [-0.2, 0) is 13.0 Å². The smallest absolute Gasteiger partial charge is 0.131 e. The normalized spacial score (nSPS) is 15.0. The molecule has 0 spiro atoms. The Labute approximate surface area is 130 Å². The summed E-state index contributed by atoms with van der Waals surface area (Å²) in [4.78, 5) is 11.9. The van der Waals surface area contributed by atoms with Gasteiger partial charge in [0.1, 0.15) is 5.82 Å². The highest BCUT2D eigenvalue weighted by molar-refractivity contribution is 7.08. The minimum atomic E-state index is 0. The number of likely N-dealkylation sites (N-methyl/N-ethyl adjacent to an activating group) is 1. The van der Waals surface area contributed by atoms with Crippen molar-refractivity contribution >= 4 is 23.7 Å². The van der Waals surface area contributed by atoms with Crippen LogP contribution in [0.2, 0.25) is 0 Å². The van der Waals surface area contributed by atoms with Crippen LogP contribution in [0.3, 0.4) is 0 Å². The van der Waals surface area contributed by atoms with Crippen LogP contribution in [0.25, 0.3) is 11.3 Å². The lowest BCUT2D eigenvalue weighted by atomic mass is 9.99. The molecule has 1 aliphatic rings. The van der Waals surface area contributed by atoms with Crippen molar-refractivity contribution in [1.29, 1.82) is 0 Å². The van der Waals surface area contributed by atoms with Crippen LogP contribution in [0.1, 0.15) is 36.8 Å². The summed E-state index contributed by atoms with van der Waals surface area (Å²) >= 11 is 1.73. The molecule has 0 saturated carbocycles. The Hall–Kier alpha value is -0.970. The third-order valence-electron chi connectivity index (χ3n) is 3.58. The minimum absolute atomic E-state index is 0. The van der Waals surface area contributed by atoms with E-state index < -0.39 is 0 Å². The number of hydrogen-bond acceptors (Lipinski definition) is 4. The molecule has 3 heterocycles. The molecule has 0 unspecified atom stereocenters. The van der Waals surface area contributed by atoms with Crippen molar-refractivity contribution in [3.05, 3.63) is 33.9 Å². The third-order valence-corrected chi connectivity index (χ3v) is 4.27. The standard InChI is InChI=1S/C15H19N3S.ClH/c1-10(2)15-16-13-8-18(3)6-4-12(13)14(17-15)11-5-7-19-9-11;/h5,7,9-10H,4,6,8H2,1-3H3;1H. The fourth-order valence-electron chi connectivity index (χ4n) is 2.48. The number of hydrogen-bond donors (Lipinski definition) is 0. The summed E-state index contributed by atoms with van der Waals surface area (Å²) in [5.74, 6) is 1.34. The van der Waals surface area contributed by atoms with Crippen molar-refractivity contribution < 1.29 is 0 Å². The Morgan fingerprint density at radius 3 is 2.75 bits per heavy atom. The zero-order chi connectivity index (χ0) is 13.4. The molecule has 0 aliphatic carbocycles. The molecule has 2 aromatic rings. The summed E-state index contributed by atoms with van der Waals surface area (Å²) in [6.45, 7) is 6.35. The van der Waals surface area contributed by atoms with E-state index in [1.807, 2.05) is 0 Å². The molecule has 0 atom stereocenters. The zero-order valence-corrected chi connectivity index (χ0v) is 13.7. The quantitative estimate of drug-likeness (QED) is 0.846. The van der Waals surface area contributed by atoms with E-state index in [0.29, 0.717) is 5.92 Å². The summed E-state index contributed by atoms with van der Waals surface area (Å²) in [5.41, 5.74) is 4.97. The van der Waals surface area contributed by atoms with Gasteiger partial charge in [0.15, 0.2) is 0 Å². The van der Waals surface area contributed by atoms with Crippen molar-refractivity contribution in [2.75, 3.05) is 13.6 Å². The van der Waals surface area contributed by atoms with Gasteiger partial charge in [-0.1, -0.05) is 13.8 Å². The van der Waals surface area contributed by atoms with Crippen LogP contribution in [-0.4, -0.2) is 28.5 Å². The maximum atomic E-state index is 4.83. The average molecular weight is 310 g/mol. The SMILES string of the molecule is CC(C)c1nc2c(c(-c3ccsc3)n1)CCN(C)C2.Cl. The second-order valence-electron chi connectivity index (χ2n) is 5.51. The molecule has 20 heavy (non-hydrogen) atoms. The first-order valence-electron chi connectivity index (χ1n) is 6.76. The average Bonchev–Trinajstić information content (AvgIpc) is 2.90. The van der Waals surface area contributed by atoms with Crippen molar-refractivity contribution in [1.82, 2.24) is 14.9 Å². The topological polar surface area (TPSA) is 29.0 Å². The molecular formula is C15H20ClN3S. The maximum absolute atomic E-state index is 4.83. The zero-order valence-electron chi connectivity index (χ0n) is 12.1. The Balaban J connectivity index is 0.00000147. The fourth-order valence-corrected chi connectivity index (χ4v) is 3.12. The van der Waals surface area contributed by atoms with Gasteiger partial charge in [0.25, 0.3) is 0 Å². The molecule has 0 amide bonds. The van der Waals surface area contributed by atoms with Gasteiger partial charge in [0.2, 0.25) is 0 Å². The number of aromatic nitrogens is 2. The number of fused-ring (bicyclic) bond motifs is 1. The minimum Gasteiger partial charge on any atom is -0.300 e. The first-order valence-corrected chi connectivity index (χ1v) is 7.70. The largest absolute Gasteiger partial charge is 0.300 e. The highest BCUT2D eigenvalue weighted by Gasteiger charge is 2.22. The summed E-state index contributed by atoms with van der Waals surface area (Å²) in [6, 6.07) is 2.16. The van der Waals surface area contributed by atoms with E-state index in [1.165, 1.54) is 16.8 Å². The van der Waals surface area contributed by atoms with Crippen LogP contribution >= 0.6 is 23.7 Å². The van der Waals surface area contributed by atoms with E-state index in [1.54, 1.807) is 11.3 Å². The van der Waals surface area contributed by atoms with Gasteiger partial charge < -0.3 is 4.90 Å². The monoisotopic (exact) mass is 309 g/mol. The molecule has 0 fully saturated rings. The predicted octanol–water partition coefficient (Wildman–Crippen LogP) is 3.74. The molecule has 1 aliphatic heterocycles. The molecule has 3 rings (SSSR count). The van der Waals surface area contributed by atoms with Crippen molar-refractivity contribution in [3.8, 4) is 11.3 Å². The van der Waals surface area contributed by atoms with Gasteiger partial charge in [-0.25, -0.2) is 9.97 Å². The Kier molecular flexibility index (Phi) is 4.78. The highest BCUT2D eigenvalue weighted by atomic mass is 35.5. The Bertz CT molecular complexity index is 581. The number of halogens is 1. The van der Waals surface area contributed by atoms with Crippen LogP contribution in [0.4, 0.5) is 0 Å². The van der Waals surface area contributed by atoms with Gasteiger partial charge in [-0.15, -0.1) is 12.4 Å². The Morgan fingerprint density at radius 2 is 2.10 bits per heavy atom. The molecule has 0 aromatic carbocycles. The molecular weight excluding hydrogens is 290 g/mol. The van der Waals surface area contributed by atoms with Gasteiger partial charge in [-0.2, -0.15) is 11.3 Å². The number of nitrogens with zero attached hydrogens (tertiary/aromatic N) is 3. The van der Waals surface area contributed by atoms with E-state index in [2.05, 4.69) is 42.6 Å². The number of thiophene rings is 1. The summed E-state index contributed by atoms with van der Waals surface area (Å²) in [6.07, 6.45) is 1.05. The molecule has 2 aromatic heterocycles. The lowest BCUT2D eigenvalue weighted by Crippen LogP contribution is -2.28. The van der Waals surface area contributed by atoms with Crippen LogP contribution in [0, 0.1) is 0 Å². The highest BCUT2D eigenvalue weighted by Crippen LogP contribution is 2.30. The van der Waals surface area contributed by atoms with Crippen LogP contribution < -0.4 is 0 Å². The second kappa shape index (κ2) is 6.20. The lowest BCUT2D eigenvalue weighted by molar-refractivity contribution is 0.306. The predicted molar refractivity (Wildman–Crippen MR) is 86.7 cm³/mol. The molecule has 0 bridgehead atoms. The summed E-state index contributed by atoms with van der Waals surface area (Å²) in [7, 11) is 2.16. The molecule has 108 valence electrons. The van der Waals surface area contributed by atoms with Gasteiger partial charge >= 0.3 is 0 Å². The van der Waals surface area contributed by atoms with Crippen molar-refractivity contribution in [2.45, 2.75) is 32.7 Å². The molecule has 0 radical (unpaired) electrons. The molecule has 0 saturated heterocycles. The van der Waals surface area contributed by atoms with Gasteiger partial charge in [0.05, 0.1) is 11.4 Å². The third kappa shape index (κ3) is 2.87. The number of rotatable bonds is 2. The maximum Gasteiger partial charge on any atom is 0.131 e. The Morgan fingerprint density at radius 1 is 1.30 bits per heavy atom. The lowest BCUT2D eigenvalue weighted by Gasteiger charge is -2.26. The van der Waals surface area contributed by atoms with Crippen LogP contribution in [0.5, 0.6) is 0 Å². The summed E-state index contributed by atoms with van der Waals surface area (Å²) in [5, 5.41) is 4.30. The first-order chi connectivity index (χ1) is 9.15.